The molecule has 0 spiro atoms. The lowest BCUT2D eigenvalue weighted by molar-refractivity contribution is 0.102. The summed E-state index contributed by atoms with van der Waals surface area (Å²) in [4.78, 5) is 18.1. The second-order valence-corrected chi connectivity index (χ2v) is 8.72. The molecule has 4 rings (SSSR count). The van der Waals surface area contributed by atoms with Crippen LogP contribution in [0.2, 0.25) is 0 Å². The van der Waals surface area contributed by atoms with Crippen LogP contribution in [-0.2, 0) is 12.0 Å². The van der Waals surface area contributed by atoms with Crippen molar-refractivity contribution in [3.05, 3.63) is 52.8 Å². The Labute approximate surface area is 170 Å². The molecule has 1 amide bonds. The number of nitrogens with zero attached hydrogens (tertiary/aromatic N) is 4. The second kappa shape index (κ2) is 7.00. The van der Waals surface area contributed by atoms with E-state index in [2.05, 4.69) is 32.2 Å². The third-order valence-electron chi connectivity index (χ3n) is 5.20. The molecular weight excluding hydrogens is 362 g/mol. The molecule has 3 aromatic rings. The molecule has 0 radical (unpaired) electrons. The fourth-order valence-corrected chi connectivity index (χ4v) is 3.54. The number of rotatable bonds is 4. The second-order valence-electron chi connectivity index (χ2n) is 8.72. The van der Waals surface area contributed by atoms with E-state index in [1.807, 2.05) is 41.9 Å². The largest absolute Gasteiger partial charge is 0.322 e. The first kappa shape index (κ1) is 19.1. The van der Waals surface area contributed by atoms with Crippen LogP contribution in [0.1, 0.15) is 66.8 Å². The quantitative estimate of drug-likeness (QED) is 0.704. The number of hydrogen-bond acceptors (Lipinski definition) is 4. The van der Waals surface area contributed by atoms with Gasteiger partial charge in [0.05, 0.1) is 34.7 Å². The van der Waals surface area contributed by atoms with Crippen LogP contribution < -0.4 is 5.32 Å². The van der Waals surface area contributed by atoms with Gasteiger partial charge in [0, 0.05) is 17.3 Å². The van der Waals surface area contributed by atoms with Crippen LogP contribution in [0.15, 0.2) is 30.3 Å². The van der Waals surface area contributed by atoms with Crippen LogP contribution in [0.25, 0.3) is 11.0 Å². The first-order valence-corrected chi connectivity index (χ1v) is 9.96. The van der Waals surface area contributed by atoms with Crippen molar-refractivity contribution in [1.82, 2.24) is 14.8 Å². The zero-order valence-corrected chi connectivity index (χ0v) is 17.3. The van der Waals surface area contributed by atoms with Crippen molar-refractivity contribution >= 4 is 22.6 Å². The van der Waals surface area contributed by atoms with Gasteiger partial charge in [-0.15, -0.1) is 0 Å². The molecule has 0 bridgehead atoms. The number of carbonyl (C=O) groups excluding carboxylic acids is 1. The summed E-state index contributed by atoms with van der Waals surface area (Å²) in [5, 5.41) is 17.3. The normalized spacial score (nSPS) is 14.0. The molecule has 6 heteroatoms. The molecule has 29 heavy (non-hydrogen) atoms. The van der Waals surface area contributed by atoms with Crippen molar-refractivity contribution in [3.8, 4) is 6.07 Å². The lowest BCUT2D eigenvalue weighted by atomic mass is 10.1. The molecule has 1 saturated carbocycles. The maximum Gasteiger partial charge on any atom is 0.256 e. The number of nitriles is 1. The molecule has 1 aromatic carbocycles. The minimum Gasteiger partial charge on any atom is -0.322 e. The van der Waals surface area contributed by atoms with E-state index in [0.29, 0.717) is 23.6 Å². The molecule has 0 unspecified atom stereocenters. The van der Waals surface area contributed by atoms with Gasteiger partial charge in [-0.1, -0.05) is 12.1 Å². The van der Waals surface area contributed by atoms with Gasteiger partial charge in [-0.2, -0.15) is 10.4 Å². The summed E-state index contributed by atoms with van der Waals surface area (Å²) in [5.41, 5.74) is 4.56. The number of amides is 1. The SMILES string of the molecule is Cc1nn(C(C)(C)C)c2nc(C3CC3)cc(C(=O)Nc3ccc(CC#N)cc3)c12. The van der Waals surface area contributed by atoms with Gasteiger partial charge in [-0.25, -0.2) is 9.67 Å². The van der Waals surface area contributed by atoms with E-state index in [1.54, 1.807) is 0 Å². The van der Waals surface area contributed by atoms with Crippen molar-refractivity contribution in [1.29, 1.82) is 5.26 Å². The highest BCUT2D eigenvalue weighted by Gasteiger charge is 2.30. The topological polar surface area (TPSA) is 83.6 Å². The fraction of sp³-hybridized carbons (Fsp3) is 0.391. The molecule has 1 aliphatic carbocycles. The summed E-state index contributed by atoms with van der Waals surface area (Å²) in [6.45, 7) is 8.20. The van der Waals surface area contributed by atoms with E-state index in [0.717, 1.165) is 40.8 Å². The number of carbonyl (C=O) groups is 1. The lowest BCUT2D eigenvalue weighted by Crippen LogP contribution is -2.23. The van der Waals surface area contributed by atoms with Gasteiger partial charge >= 0.3 is 0 Å². The molecule has 148 valence electrons. The predicted molar refractivity (Wildman–Crippen MR) is 113 cm³/mol. The molecular formula is C23H25N5O. The van der Waals surface area contributed by atoms with Crippen molar-refractivity contribution < 1.29 is 4.79 Å². The summed E-state index contributed by atoms with van der Waals surface area (Å²) in [6, 6.07) is 11.4. The Kier molecular flexibility index (Phi) is 4.62. The summed E-state index contributed by atoms with van der Waals surface area (Å²) in [5.74, 6) is 0.267. The van der Waals surface area contributed by atoms with Crippen LogP contribution in [-0.4, -0.2) is 20.7 Å². The average Bonchev–Trinajstić information content (AvgIpc) is 3.46. The predicted octanol–water partition coefficient (Wildman–Crippen LogP) is 4.69. The number of aryl methyl sites for hydroxylation is 1. The Morgan fingerprint density at radius 3 is 2.55 bits per heavy atom. The van der Waals surface area contributed by atoms with E-state index >= 15 is 0 Å². The lowest BCUT2D eigenvalue weighted by Gasteiger charge is -2.20. The van der Waals surface area contributed by atoms with E-state index < -0.39 is 0 Å². The number of nitrogens with one attached hydrogen (secondary N) is 1. The number of aromatic nitrogens is 3. The Balaban J connectivity index is 1.76. The molecule has 0 aliphatic heterocycles. The van der Waals surface area contributed by atoms with Crippen molar-refractivity contribution in [2.24, 2.45) is 0 Å². The molecule has 1 fully saturated rings. The highest BCUT2D eigenvalue weighted by molar-refractivity contribution is 6.12. The molecule has 1 aliphatic rings. The van der Waals surface area contributed by atoms with Gasteiger partial charge in [-0.05, 0) is 64.3 Å². The first-order valence-electron chi connectivity index (χ1n) is 9.96. The minimum atomic E-state index is -0.230. The summed E-state index contributed by atoms with van der Waals surface area (Å²) >= 11 is 0. The van der Waals surface area contributed by atoms with Gasteiger partial charge in [0.1, 0.15) is 0 Å². The Hall–Kier alpha value is -3.20. The maximum absolute atomic E-state index is 13.2. The Morgan fingerprint density at radius 1 is 1.28 bits per heavy atom. The molecule has 2 heterocycles. The van der Waals surface area contributed by atoms with Crippen LogP contribution in [0, 0.1) is 18.3 Å². The van der Waals surface area contributed by atoms with Gasteiger partial charge in [-0.3, -0.25) is 4.79 Å². The van der Waals surface area contributed by atoms with Gasteiger partial charge < -0.3 is 5.32 Å². The first-order chi connectivity index (χ1) is 13.8. The minimum absolute atomic E-state index is 0.163. The summed E-state index contributed by atoms with van der Waals surface area (Å²) in [6.07, 6.45) is 2.58. The monoisotopic (exact) mass is 387 g/mol. The number of anilines is 1. The molecule has 0 atom stereocenters. The van der Waals surface area contributed by atoms with Crippen molar-refractivity contribution in [3.63, 3.8) is 0 Å². The average molecular weight is 387 g/mol. The van der Waals surface area contributed by atoms with Crippen molar-refractivity contribution in [2.75, 3.05) is 5.32 Å². The molecule has 0 saturated heterocycles. The molecule has 1 N–H and O–H groups in total. The third kappa shape index (κ3) is 3.73. The molecule has 6 nitrogen and oxygen atoms in total. The summed E-state index contributed by atoms with van der Waals surface area (Å²) < 4.78 is 1.93. The number of fused-ring (bicyclic) bond motifs is 1. The number of hydrogen-bond donors (Lipinski definition) is 1. The van der Waals surface area contributed by atoms with Crippen molar-refractivity contribution in [2.45, 2.75) is 58.4 Å². The highest BCUT2D eigenvalue weighted by atomic mass is 16.1. The molecule has 2 aromatic heterocycles. The van der Waals surface area contributed by atoms with Crippen LogP contribution in [0.5, 0.6) is 0 Å². The van der Waals surface area contributed by atoms with Crippen LogP contribution >= 0.6 is 0 Å². The van der Waals surface area contributed by atoms with E-state index in [-0.39, 0.29) is 11.4 Å². The van der Waals surface area contributed by atoms with Crippen LogP contribution in [0.4, 0.5) is 5.69 Å². The smallest absolute Gasteiger partial charge is 0.256 e. The number of pyridine rings is 1. The standard InChI is InChI=1S/C23H25N5O/c1-14-20-18(22(29)25-17-9-5-15(6-10-17)11-12-24)13-19(16-7-8-16)26-21(20)28(27-14)23(2,3)4/h5-6,9-10,13,16H,7-8,11H2,1-4H3,(H,25,29). The zero-order chi connectivity index (χ0) is 20.8. The number of benzene rings is 1. The maximum atomic E-state index is 13.2. The van der Waals surface area contributed by atoms with E-state index in [4.69, 9.17) is 15.3 Å². The van der Waals surface area contributed by atoms with E-state index in [9.17, 15) is 4.79 Å². The summed E-state index contributed by atoms with van der Waals surface area (Å²) in [7, 11) is 0. The fourth-order valence-electron chi connectivity index (χ4n) is 3.54. The van der Waals surface area contributed by atoms with Gasteiger partial charge in [0.2, 0.25) is 0 Å². The Morgan fingerprint density at radius 2 is 1.97 bits per heavy atom. The van der Waals surface area contributed by atoms with Gasteiger partial charge in [0.25, 0.3) is 5.91 Å². The third-order valence-corrected chi connectivity index (χ3v) is 5.20. The van der Waals surface area contributed by atoms with E-state index in [1.165, 1.54) is 0 Å². The van der Waals surface area contributed by atoms with Gasteiger partial charge in [0.15, 0.2) is 5.65 Å². The Bertz CT molecular complexity index is 1130. The van der Waals surface area contributed by atoms with Crippen LogP contribution in [0.3, 0.4) is 0 Å². The highest BCUT2D eigenvalue weighted by Crippen LogP contribution is 2.41. The zero-order valence-electron chi connectivity index (χ0n) is 17.3.